The Kier molecular flexibility index (Phi) is 5.82. The number of aromatic nitrogens is 1. The lowest BCUT2D eigenvalue weighted by Crippen LogP contribution is -2.49. The third kappa shape index (κ3) is 4.41. The molecule has 1 aromatic rings. The molecule has 2 aliphatic rings. The minimum absolute atomic E-state index is 0.0688. The number of thiazole rings is 1. The maximum atomic E-state index is 11.8. The van der Waals surface area contributed by atoms with Crippen molar-refractivity contribution in [3.05, 3.63) is 11.1 Å². The molecule has 0 bridgehead atoms. The normalized spacial score (nSPS) is 20.0. The van der Waals surface area contributed by atoms with Crippen molar-refractivity contribution in [1.82, 2.24) is 14.8 Å². The molecule has 2 aliphatic heterocycles. The molecular formula is C15H24N4O3S. The molecule has 0 unspecified atom stereocenters. The van der Waals surface area contributed by atoms with Crippen molar-refractivity contribution in [3.63, 3.8) is 0 Å². The maximum absolute atomic E-state index is 11.8. The van der Waals surface area contributed by atoms with E-state index in [-0.39, 0.29) is 12.5 Å². The fourth-order valence-corrected chi connectivity index (χ4v) is 3.73. The van der Waals surface area contributed by atoms with Gasteiger partial charge in [0.15, 0.2) is 5.13 Å². The second-order valence-corrected chi connectivity index (χ2v) is 6.65. The molecule has 7 nitrogen and oxygen atoms in total. The molecular weight excluding hydrogens is 316 g/mol. The van der Waals surface area contributed by atoms with Gasteiger partial charge < -0.3 is 19.3 Å². The van der Waals surface area contributed by atoms with Crippen LogP contribution in [0.2, 0.25) is 0 Å². The molecule has 2 fully saturated rings. The molecule has 23 heavy (non-hydrogen) atoms. The van der Waals surface area contributed by atoms with E-state index in [9.17, 15) is 4.79 Å². The molecule has 0 radical (unpaired) electrons. The smallest absolute Gasteiger partial charge is 0.248 e. The van der Waals surface area contributed by atoms with E-state index in [1.807, 2.05) is 4.90 Å². The quantitative estimate of drug-likeness (QED) is 0.767. The van der Waals surface area contributed by atoms with E-state index in [4.69, 9.17) is 14.5 Å². The fraction of sp³-hybridized carbons (Fsp3) is 0.733. The number of methoxy groups -OCH3 is 1. The molecule has 1 aromatic heterocycles. The fourth-order valence-electron chi connectivity index (χ4n) is 2.86. The van der Waals surface area contributed by atoms with Gasteiger partial charge in [-0.25, -0.2) is 4.98 Å². The molecule has 0 spiro atoms. The first-order valence-corrected chi connectivity index (χ1v) is 8.90. The molecule has 0 saturated carbocycles. The van der Waals surface area contributed by atoms with Gasteiger partial charge in [-0.15, -0.1) is 11.3 Å². The summed E-state index contributed by atoms with van der Waals surface area (Å²) < 4.78 is 10.3. The first-order valence-electron chi connectivity index (χ1n) is 8.02. The summed E-state index contributed by atoms with van der Waals surface area (Å²) in [6.45, 7) is 7.79. The second-order valence-electron chi connectivity index (χ2n) is 5.81. The predicted octanol–water partition coefficient (Wildman–Crippen LogP) is 0.270. The van der Waals surface area contributed by atoms with E-state index in [0.29, 0.717) is 0 Å². The van der Waals surface area contributed by atoms with E-state index < -0.39 is 0 Å². The summed E-state index contributed by atoms with van der Waals surface area (Å²) in [6, 6.07) is 0. The Balaban J connectivity index is 1.50. The van der Waals surface area contributed by atoms with Gasteiger partial charge in [0.25, 0.3) is 0 Å². The molecule has 3 rings (SSSR count). The van der Waals surface area contributed by atoms with Gasteiger partial charge in [0, 0.05) is 58.3 Å². The Bertz CT molecular complexity index is 511. The van der Waals surface area contributed by atoms with E-state index in [0.717, 1.165) is 69.9 Å². The first kappa shape index (κ1) is 16.6. The molecule has 128 valence electrons. The van der Waals surface area contributed by atoms with Crippen molar-refractivity contribution in [1.29, 1.82) is 0 Å². The van der Waals surface area contributed by atoms with Crippen LogP contribution in [0.3, 0.4) is 0 Å². The van der Waals surface area contributed by atoms with Crippen molar-refractivity contribution in [2.45, 2.75) is 6.54 Å². The zero-order valence-corrected chi connectivity index (χ0v) is 14.4. The van der Waals surface area contributed by atoms with Gasteiger partial charge in [-0.2, -0.15) is 0 Å². The standard InChI is InChI=1S/C15H24N4O3S/c1-21-11-14(20)18-2-4-19(5-3-18)15-16-13(12-23-15)10-17-6-8-22-9-7-17/h12H,2-11H2,1H3. The highest BCUT2D eigenvalue weighted by molar-refractivity contribution is 7.13. The number of amides is 1. The van der Waals surface area contributed by atoms with Crippen molar-refractivity contribution < 1.29 is 14.3 Å². The van der Waals surface area contributed by atoms with Crippen LogP contribution in [0.4, 0.5) is 5.13 Å². The summed E-state index contributed by atoms with van der Waals surface area (Å²) in [7, 11) is 1.56. The molecule has 2 saturated heterocycles. The van der Waals surface area contributed by atoms with Gasteiger partial charge in [-0.1, -0.05) is 0 Å². The van der Waals surface area contributed by atoms with Crippen molar-refractivity contribution in [2.75, 3.05) is 71.1 Å². The van der Waals surface area contributed by atoms with Crippen molar-refractivity contribution in [3.8, 4) is 0 Å². The largest absolute Gasteiger partial charge is 0.379 e. The van der Waals surface area contributed by atoms with Crippen LogP contribution in [-0.4, -0.2) is 86.9 Å². The Morgan fingerprint density at radius 3 is 2.70 bits per heavy atom. The maximum Gasteiger partial charge on any atom is 0.248 e. The van der Waals surface area contributed by atoms with Crippen molar-refractivity contribution in [2.24, 2.45) is 0 Å². The topological polar surface area (TPSA) is 58.1 Å². The van der Waals surface area contributed by atoms with Crippen LogP contribution in [0.15, 0.2) is 5.38 Å². The lowest BCUT2D eigenvalue weighted by atomic mass is 10.3. The number of piperazine rings is 1. The monoisotopic (exact) mass is 340 g/mol. The molecule has 0 atom stereocenters. The first-order chi connectivity index (χ1) is 11.3. The molecule has 1 amide bonds. The predicted molar refractivity (Wildman–Crippen MR) is 88.9 cm³/mol. The highest BCUT2D eigenvalue weighted by atomic mass is 32.1. The summed E-state index contributed by atoms with van der Waals surface area (Å²) in [5.41, 5.74) is 1.13. The number of anilines is 1. The van der Waals surface area contributed by atoms with Crippen molar-refractivity contribution >= 4 is 22.4 Å². The summed E-state index contributed by atoms with van der Waals surface area (Å²) >= 11 is 1.69. The molecule has 0 aromatic carbocycles. The van der Waals surface area contributed by atoms with Crippen LogP contribution in [0.25, 0.3) is 0 Å². The number of carbonyl (C=O) groups excluding carboxylic acids is 1. The SMILES string of the molecule is COCC(=O)N1CCN(c2nc(CN3CCOCC3)cs2)CC1. The summed E-state index contributed by atoms with van der Waals surface area (Å²) in [4.78, 5) is 23.1. The minimum atomic E-state index is 0.0688. The third-order valence-electron chi connectivity index (χ3n) is 4.20. The number of hydrogen-bond donors (Lipinski definition) is 0. The Morgan fingerprint density at radius 2 is 2.00 bits per heavy atom. The van der Waals surface area contributed by atoms with E-state index in [1.165, 1.54) is 0 Å². The number of morpholine rings is 1. The van der Waals surface area contributed by atoms with Gasteiger partial charge >= 0.3 is 0 Å². The molecule has 0 N–H and O–H groups in total. The van der Waals surface area contributed by atoms with Gasteiger partial charge in [0.2, 0.25) is 5.91 Å². The average Bonchev–Trinajstić information content (AvgIpc) is 3.05. The summed E-state index contributed by atoms with van der Waals surface area (Å²) in [6.07, 6.45) is 0. The number of ether oxygens (including phenoxy) is 2. The molecule has 3 heterocycles. The second kappa shape index (κ2) is 8.05. The number of rotatable bonds is 5. The third-order valence-corrected chi connectivity index (χ3v) is 5.15. The zero-order chi connectivity index (χ0) is 16.1. The Morgan fingerprint density at radius 1 is 1.26 bits per heavy atom. The molecule has 0 aliphatic carbocycles. The zero-order valence-electron chi connectivity index (χ0n) is 13.6. The van der Waals surface area contributed by atoms with Gasteiger partial charge in [0.1, 0.15) is 6.61 Å². The van der Waals surface area contributed by atoms with Crippen LogP contribution in [0.1, 0.15) is 5.69 Å². The Labute approximate surface area is 140 Å². The van der Waals surface area contributed by atoms with E-state index >= 15 is 0 Å². The number of hydrogen-bond acceptors (Lipinski definition) is 7. The Hall–Kier alpha value is -1.22. The van der Waals surface area contributed by atoms with E-state index in [1.54, 1.807) is 18.4 Å². The highest BCUT2D eigenvalue weighted by Crippen LogP contribution is 2.23. The van der Waals surface area contributed by atoms with Crippen LogP contribution in [-0.2, 0) is 20.8 Å². The average molecular weight is 340 g/mol. The highest BCUT2D eigenvalue weighted by Gasteiger charge is 2.23. The van der Waals surface area contributed by atoms with Crippen LogP contribution < -0.4 is 4.90 Å². The summed E-state index contributed by atoms with van der Waals surface area (Å²) in [5, 5.41) is 3.21. The lowest BCUT2D eigenvalue weighted by molar-refractivity contribution is -0.135. The van der Waals surface area contributed by atoms with Gasteiger partial charge in [-0.3, -0.25) is 9.69 Å². The van der Waals surface area contributed by atoms with E-state index in [2.05, 4.69) is 15.2 Å². The van der Waals surface area contributed by atoms with Gasteiger partial charge in [-0.05, 0) is 0 Å². The van der Waals surface area contributed by atoms with Crippen LogP contribution >= 0.6 is 11.3 Å². The van der Waals surface area contributed by atoms with Crippen LogP contribution in [0, 0.1) is 0 Å². The number of carbonyl (C=O) groups is 1. The van der Waals surface area contributed by atoms with Gasteiger partial charge in [0.05, 0.1) is 18.9 Å². The lowest BCUT2D eigenvalue weighted by Gasteiger charge is -2.34. The molecule has 8 heteroatoms. The summed E-state index contributed by atoms with van der Waals surface area (Å²) in [5.74, 6) is 0.0688. The minimum Gasteiger partial charge on any atom is -0.379 e. The number of nitrogens with zero attached hydrogens (tertiary/aromatic N) is 4. The van der Waals surface area contributed by atoms with Crippen LogP contribution in [0.5, 0.6) is 0 Å².